The van der Waals surface area contributed by atoms with E-state index in [2.05, 4.69) is 42.4 Å². The number of hydrogen-bond acceptors (Lipinski definition) is 4. The van der Waals surface area contributed by atoms with Gasteiger partial charge in [0.05, 0.1) is 5.69 Å². The van der Waals surface area contributed by atoms with Crippen molar-refractivity contribution in [1.29, 1.82) is 0 Å². The van der Waals surface area contributed by atoms with Crippen LogP contribution in [0.4, 0.5) is 11.4 Å². The third kappa shape index (κ3) is 4.03. The molecule has 6 nitrogen and oxygen atoms in total. The van der Waals surface area contributed by atoms with Crippen molar-refractivity contribution in [1.82, 2.24) is 10.3 Å². The number of nitrogens with one attached hydrogen (secondary N) is 1. The Bertz CT molecular complexity index is 989. The van der Waals surface area contributed by atoms with E-state index in [0.717, 1.165) is 24.3 Å². The smallest absolute Gasteiger partial charge is 0.271 e. The molecule has 6 heteroatoms. The first kappa shape index (κ1) is 20.0. The highest BCUT2D eigenvalue weighted by atomic mass is 16.2. The average molecular weight is 405 g/mol. The van der Waals surface area contributed by atoms with Crippen molar-refractivity contribution in [2.45, 2.75) is 27.2 Å². The first-order valence-corrected chi connectivity index (χ1v) is 10.4. The van der Waals surface area contributed by atoms with Crippen LogP contribution in [0.1, 0.15) is 23.1 Å². The molecule has 2 aliphatic rings. The van der Waals surface area contributed by atoms with Crippen molar-refractivity contribution < 1.29 is 9.59 Å². The van der Waals surface area contributed by atoms with Crippen molar-refractivity contribution in [3.63, 3.8) is 0 Å². The number of carbonyl (C=O) groups is 2. The van der Waals surface area contributed by atoms with Gasteiger partial charge in [0, 0.05) is 38.3 Å². The van der Waals surface area contributed by atoms with Crippen LogP contribution in [0.15, 0.2) is 54.2 Å². The van der Waals surface area contributed by atoms with Crippen molar-refractivity contribution >= 4 is 23.2 Å². The summed E-state index contributed by atoms with van der Waals surface area (Å²) in [5.74, 6) is -0.129. The molecule has 0 atom stereocenters. The number of amides is 2. The molecule has 2 aromatic carbocycles. The summed E-state index contributed by atoms with van der Waals surface area (Å²) in [7, 11) is 0. The summed E-state index contributed by atoms with van der Waals surface area (Å²) in [5.41, 5.74) is 9.10. The molecular weight excluding hydrogens is 376 g/mol. The van der Waals surface area contributed by atoms with Gasteiger partial charge in [0.15, 0.2) is 0 Å². The minimum absolute atomic E-state index is 0.0553. The van der Waals surface area contributed by atoms with E-state index in [1.807, 2.05) is 36.1 Å². The van der Waals surface area contributed by atoms with Gasteiger partial charge in [-0.3, -0.25) is 15.0 Å². The molecule has 2 aromatic rings. The van der Waals surface area contributed by atoms with Crippen LogP contribution < -0.4 is 15.3 Å². The number of benzene rings is 2. The van der Waals surface area contributed by atoms with Gasteiger partial charge in [-0.1, -0.05) is 29.8 Å². The van der Waals surface area contributed by atoms with E-state index >= 15 is 0 Å². The van der Waals surface area contributed by atoms with E-state index in [4.69, 9.17) is 0 Å². The van der Waals surface area contributed by atoms with Gasteiger partial charge in [0.1, 0.15) is 5.70 Å². The van der Waals surface area contributed by atoms with E-state index in [9.17, 15) is 9.59 Å². The molecule has 2 heterocycles. The number of aryl methyl sites for hydroxylation is 3. The van der Waals surface area contributed by atoms with Crippen LogP contribution in [0.25, 0.3) is 0 Å². The molecule has 4 rings (SSSR count). The minimum Gasteiger partial charge on any atom is -0.368 e. The summed E-state index contributed by atoms with van der Waals surface area (Å²) >= 11 is 0. The topological polar surface area (TPSA) is 55.9 Å². The van der Waals surface area contributed by atoms with Gasteiger partial charge in [0.25, 0.3) is 5.91 Å². The van der Waals surface area contributed by atoms with Crippen molar-refractivity contribution in [3.8, 4) is 0 Å². The maximum Gasteiger partial charge on any atom is 0.271 e. The molecule has 0 aromatic heterocycles. The molecule has 0 aliphatic carbocycles. The second kappa shape index (κ2) is 8.22. The number of hydrogen-bond donors (Lipinski definition) is 1. The molecule has 1 N–H and O–H groups in total. The molecule has 1 fully saturated rings. The largest absolute Gasteiger partial charge is 0.368 e. The third-order valence-electron chi connectivity index (χ3n) is 5.76. The average Bonchev–Trinajstić information content (AvgIpc) is 2.76. The number of carbonyl (C=O) groups excluding carboxylic acids is 2. The second-order valence-electron chi connectivity index (χ2n) is 8.07. The van der Waals surface area contributed by atoms with Gasteiger partial charge in [-0.25, -0.2) is 5.01 Å². The Morgan fingerprint density at radius 1 is 0.900 bits per heavy atom. The molecule has 0 unspecified atom stereocenters. The molecule has 2 amide bonds. The van der Waals surface area contributed by atoms with Crippen LogP contribution in [0, 0.1) is 20.8 Å². The summed E-state index contributed by atoms with van der Waals surface area (Å²) in [6.07, 6.45) is 1.91. The lowest BCUT2D eigenvalue weighted by molar-refractivity contribution is -0.128. The molecule has 2 aliphatic heterocycles. The number of anilines is 2. The minimum atomic E-state index is -0.0739. The lowest BCUT2D eigenvalue weighted by Gasteiger charge is -2.38. The molecule has 0 bridgehead atoms. The number of piperazine rings is 1. The van der Waals surface area contributed by atoms with Crippen LogP contribution in [-0.2, 0) is 9.59 Å². The highest BCUT2D eigenvalue weighted by Crippen LogP contribution is 2.24. The molecule has 0 spiro atoms. The Hall–Kier alpha value is -3.28. The summed E-state index contributed by atoms with van der Waals surface area (Å²) in [6, 6.07) is 14.2. The number of nitrogens with zero attached hydrogens (tertiary/aromatic N) is 3. The summed E-state index contributed by atoms with van der Waals surface area (Å²) in [5, 5.41) is 1.47. The van der Waals surface area contributed by atoms with Crippen molar-refractivity contribution in [3.05, 3.63) is 70.9 Å². The van der Waals surface area contributed by atoms with Gasteiger partial charge in [-0.15, -0.1) is 0 Å². The van der Waals surface area contributed by atoms with Crippen LogP contribution in [0.2, 0.25) is 0 Å². The van der Waals surface area contributed by atoms with Gasteiger partial charge in [0.2, 0.25) is 5.91 Å². The van der Waals surface area contributed by atoms with Crippen LogP contribution in [0.3, 0.4) is 0 Å². The molecule has 0 radical (unpaired) electrons. The highest BCUT2D eigenvalue weighted by molar-refractivity contribution is 6.01. The fourth-order valence-corrected chi connectivity index (χ4v) is 3.93. The standard InChI is InChI=1S/C24H28N4O2/c1-17-5-8-20(9-6-17)28-23(29)11-10-21(25-28)24(30)27-14-12-26(13-15-27)22-16-18(2)4-7-19(22)3/h4-10,16,25H,11-15H2,1-3H3. The van der Waals surface area contributed by atoms with E-state index in [1.54, 1.807) is 6.08 Å². The number of rotatable bonds is 3. The monoisotopic (exact) mass is 404 g/mol. The molecular formula is C24H28N4O2. The second-order valence-corrected chi connectivity index (χ2v) is 8.07. The predicted molar refractivity (Wildman–Crippen MR) is 119 cm³/mol. The lowest BCUT2D eigenvalue weighted by Crippen LogP contribution is -2.53. The molecule has 1 saturated heterocycles. The fraction of sp³-hybridized carbons (Fsp3) is 0.333. The first-order valence-electron chi connectivity index (χ1n) is 10.4. The maximum atomic E-state index is 13.1. The quantitative estimate of drug-likeness (QED) is 0.854. The van der Waals surface area contributed by atoms with Crippen LogP contribution >= 0.6 is 0 Å². The van der Waals surface area contributed by atoms with Gasteiger partial charge < -0.3 is 9.80 Å². The normalized spacial score (nSPS) is 17.0. The zero-order valence-electron chi connectivity index (χ0n) is 17.8. The molecule has 156 valence electrons. The predicted octanol–water partition coefficient (Wildman–Crippen LogP) is 3.09. The molecule has 0 saturated carbocycles. The van der Waals surface area contributed by atoms with E-state index in [-0.39, 0.29) is 18.2 Å². The highest BCUT2D eigenvalue weighted by Gasteiger charge is 2.29. The lowest BCUT2D eigenvalue weighted by atomic mass is 10.1. The Morgan fingerprint density at radius 3 is 2.27 bits per heavy atom. The van der Waals surface area contributed by atoms with Crippen molar-refractivity contribution in [2.24, 2.45) is 0 Å². The first-order chi connectivity index (χ1) is 14.4. The zero-order valence-corrected chi connectivity index (χ0v) is 17.8. The Labute approximate surface area is 177 Å². The van der Waals surface area contributed by atoms with E-state index in [1.165, 1.54) is 21.8 Å². The van der Waals surface area contributed by atoms with Gasteiger partial charge >= 0.3 is 0 Å². The van der Waals surface area contributed by atoms with Gasteiger partial charge in [-0.2, -0.15) is 0 Å². The summed E-state index contributed by atoms with van der Waals surface area (Å²) in [4.78, 5) is 29.7. The SMILES string of the molecule is Cc1ccc(N2NC(C(=O)N3CCN(c4cc(C)ccc4C)CC3)=CCC2=O)cc1. The Kier molecular flexibility index (Phi) is 5.48. The zero-order chi connectivity index (χ0) is 21.3. The summed E-state index contributed by atoms with van der Waals surface area (Å²) in [6.45, 7) is 9.13. The third-order valence-corrected chi connectivity index (χ3v) is 5.76. The maximum absolute atomic E-state index is 13.1. The summed E-state index contributed by atoms with van der Waals surface area (Å²) < 4.78 is 0. The van der Waals surface area contributed by atoms with E-state index < -0.39 is 0 Å². The van der Waals surface area contributed by atoms with Crippen LogP contribution in [-0.4, -0.2) is 42.9 Å². The van der Waals surface area contributed by atoms with E-state index in [0.29, 0.717) is 18.8 Å². The molecule has 30 heavy (non-hydrogen) atoms. The Morgan fingerprint density at radius 2 is 1.57 bits per heavy atom. The fourth-order valence-electron chi connectivity index (χ4n) is 3.93. The Balaban J connectivity index is 1.42. The number of hydrazine groups is 1. The van der Waals surface area contributed by atoms with Crippen LogP contribution in [0.5, 0.6) is 0 Å². The van der Waals surface area contributed by atoms with Gasteiger partial charge in [-0.05, 0) is 56.2 Å². The van der Waals surface area contributed by atoms with Crippen molar-refractivity contribution in [2.75, 3.05) is 36.1 Å².